The maximum Gasteiger partial charge on any atom is 0.407 e. The van der Waals surface area contributed by atoms with Crippen LogP contribution in [0.1, 0.15) is 70.1 Å². The molecule has 1 unspecified atom stereocenters. The van der Waals surface area contributed by atoms with Gasteiger partial charge in [0.15, 0.2) is 0 Å². The van der Waals surface area contributed by atoms with Gasteiger partial charge in [0.05, 0.1) is 36.9 Å². The van der Waals surface area contributed by atoms with Crippen molar-refractivity contribution in [3.63, 3.8) is 0 Å². The van der Waals surface area contributed by atoms with Gasteiger partial charge in [0.2, 0.25) is 5.91 Å². The van der Waals surface area contributed by atoms with Crippen molar-refractivity contribution < 1.29 is 29.0 Å². The van der Waals surface area contributed by atoms with Crippen molar-refractivity contribution in [1.29, 1.82) is 0 Å². The van der Waals surface area contributed by atoms with Crippen LogP contribution >= 0.6 is 0 Å². The lowest BCUT2D eigenvalue weighted by molar-refractivity contribution is -0.144. The van der Waals surface area contributed by atoms with Gasteiger partial charge in [-0.25, -0.2) is 9.78 Å². The second kappa shape index (κ2) is 15.2. The first-order valence-corrected chi connectivity index (χ1v) is 16.2. The van der Waals surface area contributed by atoms with E-state index in [0.717, 1.165) is 24.2 Å². The molecule has 2 aromatic rings. The summed E-state index contributed by atoms with van der Waals surface area (Å²) >= 11 is 0. The van der Waals surface area contributed by atoms with E-state index in [0.29, 0.717) is 58.0 Å². The summed E-state index contributed by atoms with van der Waals surface area (Å²) in [7, 11) is 1.68. The fraction of sp³-hybridized carbons (Fsp3) is 0.647. The summed E-state index contributed by atoms with van der Waals surface area (Å²) in [5.74, 6) is -0.777. The van der Waals surface area contributed by atoms with E-state index in [1.165, 1.54) is 4.90 Å². The van der Waals surface area contributed by atoms with Crippen LogP contribution in [0, 0.1) is 17.3 Å². The van der Waals surface area contributed by atoms with Crippen molar-refractivity contribution in [3.8, 4) is 5.69 Å². The Morgan fingerprint density at radius 3 is 2.40 bits per heavy atom. The minimum Gasteiger partial charge on any atom is -0.465 e. The van der Waals surface area contributed by atoms with E-state index >= 15 is 0 Å². The Kier molecular flexibility index (Phi) is 11.7. The number of methoxy groups -OCH3 is 1. The fourth-order valence-corrected chi connectivity index (χ4v) is 6.85. The van der Waals surface area contributed by atoms with E-state index in [2.05, 4.69) is 13.8 Å². The molecule has 0 spiro atoms. The molecule has 45 heavy (non-hydrogen) atoms. The van der Waals surface area contributed by atoms with Gasteiger partial charge in [0.1, 0.15) is 12.0 Å². The first-order chi connectivity index (χ1) is 21.4. The molecule has 3 heterocycles. The number of nitrogens with zero attached hydrogens (tertiary/aromatic N) is 5. The van der Waals surface area contributed by atoms with Gasteiger partial charge in [-0.2, -0.15) is 0 Å². The smallest absolute Gasteiger partial charge is 0.407 e. The Hall–Kier alpha value is -3.44. The van der Waals surface area contributed by atoms with Crippen molar-refractivity contribution in [2.75, 3.05) is 53.1 Å². The van der Waals surface area contributed by atoms with Crippen LogP contribution in [0.4, 0.5) is 4.79 Å². The third-order valence-electron chi connectivity index (χ3n) is 8.79. The van der Waals surface area contributed by atoms with Crippen molar-refractivity contribution in [2.24, 2.45) is 17.3 Å². The summed E-state index contributed by atoms with van der Waals surface area (Å²) in [5.41, 5.74) is 1.60. The predicted octanol–water partition coefficient (Wildman–Crippen LogP) is 4.58. The van der Waals surface area contributed by atoms with Crippen molar-refractivity contribution in [1.82, 2.24) is 24.3 Å². The molecule has 2 fully saturated rings. The van der Waals surface area contributed by atoms with Gasteiger partial charge in [-0.3, -0.25) is 9.59 Å². The Morgan fingerprint density at radius 1 is 1.11 bits per heavy atom. The van der Waals surface area contributed by atoms with Gasteiger partial charge in [-0.15, -0.1) is 0 Å². The number of carbonyl (C=O) groups excluding carboxylic acids is 2. The van der Waals surface area contributed by atoms with E-state index in [4.69, 9.17) is 14.5 Å². The van der Waals surface area contributed by atoms with Crippen LogP contribution in [0.2, 0.25) is 0 Å². The number of para-hydroxylation sites is 1. The minimum atomic E-state index is -1.08. The third kappa shape index (κ3) is 8.24. The second-order valence-corrected chi connectivity index (χ2v) is 13.7. The van der Waals surface area contributed by atoms with E-state index in [1.54, 1.807) is 18.3 Å². The van der Waals surface area contributed by atoms with Gasteiger partial charge in [-0.05, 0) is 49.1 Å². The van der Waals surface area contributed by atoms with E-state index in [9.17, 15) is 19.5 Å². The largest absolute Gasteiger partial charge is 0.465 e. The summed E-state index contributed by atoms with van der Waals surface area (Å²) in [4.78, 5) is 51.2. The summed E-state index contributed by atoms with van der Waals surface area (Å²) in [6.45, 7) is 13.1. The zero-order valence-electron chi connectivity index (χ0n) is 27.8. The number of imidazole rings is 1. The molecular formula is C34H51N5O6. The van der Waals surface area contributed by atoms with Crippen molar-refractivity contribution in [2.45, 2.75) is 72.4 Å². The topological polar surface area (TPSA) is 117 Å². The number of hydrogen-bond acceptors (Lipinski definition) is 6. The highest BCUT2D eigenvalue weighted by Gasteiger charge is 2.50. The highest BCUT2D eigenvalue weighted by atomic mass is 16.5. The van der Waals surface area contributed by atoms with Gasteiger partial charge >= 0.3 is 6.09 Å². The first kappa shape index (κ1) is 34.4. The molecule has 1 N–H and O–H groups in total. The number of aromatic nitrogens is 2. The number of carboxylic acid groups (broad SMARTS) is 1. The number of carbonyl (C=O) groups is 3. The molecule has 3 amide bonds. The maximum atomic E-state index is 14.8. The molecule has 1 aromatic carbocycles. The Labute approximate surface area is 267 Å². The van der Waals surface area contributed by atoms with E-state index in [1.807, 2.05) is 60.6 Å². The summed E-state index contributed by atoms with van der Waals surface area (Å²) < 4.78 is 12.7. The molecule has 11 nitrogen and oxygen atoms in total. The molecule has 0 bridgehead atoms. The maximum absolute atomic E-state index is 14.8. The average Bonchev–Trinajstić information content (AvgIpc) is 3.44. The third-order valence-corrected chi connectivity index (χ3v) is 8.79. The molecule has 0 aliphatic carbocycles. The van der Waals surface area contributed by atoms with Gasteiger partial charge in [0.25, 0.3) is 5.91 Å². The molecule has 0 saturated carbocycles. The van der Waals surface area contributed by atoms with Crippen LogP contribution in [0.25, 0.3) is 5.69 Å². The molecular weight excluding hydrogens is 574 g/mol. The molecule has 2 saturated heterocycles. The fourth-order valence-electron chi connectivity index (χ4n) is 6.85. The molecule has 11 heteroatoms. The number of amides is 3. The van der Waals surface area contributed by atoms with Crippen LogP contribution in [-0.2, 0) is 20.7 Å². The lowest BCUT2D eigenvalue weighted by atomic mass is 9.74. The number of rotatable bonds is 11. The molecule has 1 aromatic heterocycles. The van der Waals surface area contributed by atoms with Gasteiger partial charge in [-0.1, -0.05) is 52.8 Å². The molecule has 4 rings (SSSR count). The standard InChI is InChI=1S/C34H51N5O6/c1-24(2)21-37(32(41)29-27(14-10-11-17-44-6)39(23-35-29)26-12-8-7-9-13-26)28-20-25(31(40)36-15-18-45-19-16-36)22-38(33(42)43)30(28)34(3,4)5/h7-9,12-13,23-25,28,30H,10-11,14-22H2,1-6H3,(H,42,43)/t25-,28+,30?/m1/s1. The van der Waals surface area contributed by atoms with Crippen LogP contribution in [0.3, 0.4) is 0 Å². The predicted molar refractivity (Wildman–Crippen MR) is 172 cm³/mol. The lowest BCUT2D eigenvalue weighted by Crippen LogP contribution is -2.66. The summed E-state index contributed by atoms with van der Waals surface area (Å²) in [6.07, 6.45) is 3.28. The Morgan fingerprint density at radius 2 is 1.80 bits per heavy atom. The SMILES string of the molecule is COCCCCc1c(C(=O)N(CC(C)C)[C@H]2C[C@@H](C(=O)N3CCOCC3)CN(C(=O)O)C2C(C)(C)C)ncn1-c1ccccc1. The van der Waals surface area contributed by atoms with Gasteiger partial charge < -0.3 is 33.8 Å². The van der Waals surface area contributed by atoms with Crippen molar-refractivity contribution >= 4 is 17.9 Å². The quantitative estimate of drug-likeness (QED) is 0.363. The lowest BCUT2D eigenvalue weighted by Gasteiger charge is -2.52. The number of benzene rings is 1. The van der Waals surface area contributed by atoms with Gasteiger partial charge in [0, 0.05) is 45.6 Å². The molecule has 3 atom stereocenters. The number of piperidine rings is 1. The van der Waals surface area contributed by atoms with E-state index < -0.39 is 29.5 Å². The monoisotopic (exact) mass is 625 g/mol. The Bertz CT molecular complexity index is 1280. The zero-order valence-corrected chi connectivity index (χ0v) is 27.8. The van der Waals surface area contributed by atoms with Crippen molar-refractivity contribution in [3.05, 3.63) is 48.0 Å². The molecule has 248 valence electrons. The van der Waals surface area contributed by atoms with Crippen LogP contribution in [0.5, 0.6) is 0 Å². The number of morpholine rings is 1. The van der Waals surface area contributed by atoms with Crippen LogP contribution < -0.4 is 0 Å². The average molecular weight is 626 g/mol. The number of ether oxygens (including phenoxy) is 2. The summed E-state index contributed by atoms with van der Waals surface area (Å²) in [5, 5.41) is 10.5. The van der Waals surface area contributed by atoms with Crippen LogP contribution in [0.15, 0.2) is 36.7 Å². The first-order valence-electron chi connectivity index (χ1n) is 16.2. The molecule has 2 aliphatic rings. The second-order valence-electron chi connectivity index (χ2n) is 13.7. The Balaban J connectivity index is 1.78. The molecule has 2 aliphatic heterocycles. The highest BCUT2D eigenvalue weighted by Crippen LogP contribution is 2.38. The summed E-state index contributed by atoms with van der Waals surface area (Å²) in [6, 6.07) is 8.80. The zero-order chi connectivity index (χ0) is 32.7. The minimum absolute atomic E-state index is 0.0777. The van der Waals surface area contributed by atoms with E-state index in [-0.39, 0.29) is 24.3 Å². The molecule has 0 radical (unpaired) electrons. The number of unbranched alkanes of at least 4 members (excludes halogenated alkanes) is 1. The normalized spacial score (nSPS) is 20.8. The van der Waals surface area contributed by atoms with Crippen LogP contribution in [-0.4, -0.2) is 112 Å². The number of hydrogen-bond donors (Lipinski definition) is 1. The number of likely N-dealkylation sites (tertiary alicyclic amines) is 1. The highest BCUT2D eigenvalue weighted by molar-refractivity contribution is 5.94.